The Morgan fingerprint density at radius 1 is 0.833 bits per heavy atom. The van der Waals surface area contributed by atoms with Crippen molar-refractivity contribution in [1.82, 2.24) is 4.90 Å². The SMILES string of the molecule is Oc1ccccc1C(c1ccc2ccccc2c1)N1CCOCC1. The van der Waals surface area contributed by atoms with Crippen LogP contribution in [0.2, 0.25) is 0 Å². The summed E-state index contributed by atoms with van der Waals surface area (Å²) >= 11 is 0. The van der Waals surface area contributed by atoms with Crippen molar-refractivity contribution in [2.45, 2.75) is 6.04 Å². The van der Waals surface area contributed by atoms with Crippen LogP contribution in [0.5, 0.6) is 5.75 Å². The molecule has 0 aromatic heterocycles. The number of fused-ring (bicyclic) bond motifs is 1. The fourth-order valence-corrected chi connectivity index (χ4v) is 3.52. The minimum Gasteiger partial charge on any atom is -0.508 e. The molecule has 1 unspecified atom stereocenters. The Morgan fingerprint density at radius 3 is 2.33 bits per heavy atom. The minimum absolute atomic E-state index is 0.0414. The molecule has 1 atom stereocenters. The van der Waals surface area contributed by atoms with Crippen molar-refractivity contribution < 1.29 is 9.84 Å². The van der Waals surface area contributed by atoms with Crippen LogP contribution in [0.15, 0.2) is 66.7 Å². The molecule has 3 nitrogen and oxygen atoms in total. The molecule has 1 heterocycles. The van der Waals surface area contributed by atoms with Gasteiger partial charge in [-0.15, -0.1) is 0 Å². The number of ether oxygens (including phenoxy) is 1. The number of phenolic OH excluding ortho intramolecular Hbond substituents is 1. The lowest BCUT2D eigenvalue weighted by Crippen LogP contribution is -2.39. The van der Waals surface area contributed by atoms with Gasteiger partial charge in [0.05, 0.1) is 19.3 Å². The number of nitrogens with zero attached hydrogens (tertiary/aromatic N) is 1. The Kier molecular flexibility index (Phi) is 4.20. The first-order valence-corrected chi connectivity index (χ1v) is 8.41. The first kappa shape index (κ1) is 15.2. The summed E-state index contributed by atoms with van der Waals surface area (Å²) in [5.41, 5.74) is 2.16. The van der Waals surface area contributed by atoms with E-state index in [1.165, 1.54) is 16.3 Å². The summed E-state index contributed by atoms with van der Waals surface area (Å²) in [4.78, 5) is 2.39. The highest BCUT2D eigenvalue weighted by molar-refractivity contribution is 5.83. The highest BCUT2D eigenvalue weighted by Crippen LogP contribution is 2.35. The van der Waals surface area contributed by atoms with E-state index in [1.54, 1.807) is 6.07 Å². The Bertz CT molecular complexity index is 840. The molecule has 3 heteroatoms. The van der Waals surface area contributed by atoms with E-state index in [1.807, 2.05) is 18.2 Å². The maximum atomic E-state index is 10.4. The van der Waals surface area contributed by atoms with Gasteiger partial charge in [0, 0.05) is 18.7 Å². The highest BCUT2D eigenvalue weighted by atomic mass is 16.5. The molecule has 0 saturated carbocycles. The first-order chi connectivity index (χ1) is 11.8. The summed E-state index contributed by atoms with van der Waals surface area (Å²) in [5.74, 6) is 0.349. The molecule has 3 aromatic rings. The molecule has 1 fully saturated rings. The van der Waals surface area contributed by atoms with Gasteiger partial charge in [-0.25, -0.2) is 0 Å². The normalized spacial score (nSPS) is 17.0. The van der Waals surface area contributed by atoms with Crippen molar-refractivity contribution in [3.63, 3.8) is 0 Å². The number of benzene rings is 3. The molecule has 0 amide bonds. The van der Waals surface area contributed by atoms with Gasteiger partial charge in [0.1, 0.15) is 5.75 Å². The second-order valence-electron chi connectivity index (χ2n) is 6.22. The Morgan fingerprint density at radius 2 is 1.54 bits per heavy atom. The van der Waals surface area contributed by atoms with Crippen LogP contribution < -0.4 is 0 Å². The van der Waals surface area contributed by atoms with Gasteiger partial charge in [-0.2, -0.15) is 0 Å². The number of hydrogen-bond donors (Lipinski definition) is 1. The molecule has 0 aliphatic carbocycles. The maximum absolute atomic E-state index is 10.4. The van der Waals surface area contributed by atoms with Crippen molar-refractivity contribution in [3.8, 4) is 5.75 Å². The minimum atomic E-state index is 0.0414. The van der Waals surface area contributed by atoms with Crippen molar-refractivity contribution in [1.29, 1.82) is 0 Å². The van der Waals surface area contributed by atoms with Crippen LogP contribution in [0.4, 0.5) is 0 Å². The zero-order chi connectivity index (χ0) is 16.4. The van der Waals surface area contributed by atoms with Gasteiger partial charge in [0.2, 0.25) is 0 Å². The standard InChI is InChI=1S/C21H21NO2/c23-20-8-4-3-7-19(20)21(22-11-13-24-14-12-22)18-10-9-16-5-1-2-6-17(16)15-18/h1-10,15,21,23H,11-14H2. The third-order valence-corrected chi connectivity index (χ3v) is 4.73. The summed E-state index contributed by atoms with van der Waals surface area (Å²) in [6.07, 6.45) is 0. The van der Waals surface area contributed by atoms with Crippen LogP contribution in [0.1, 0.15) is 17.2 Å². The molecule has 1 N–H and O–H groups in total. The third-order valence-electron chi connectivity index (χ3n) is 4.73. The Balaban J connectivity index is 1.82. The molecule has 4 rings (SSSR count). The van der Waals surface area contributed by atoms with E-state index in [4.69, 9.17) is 4.74 Å². The lowest BCUT2D eigenvalue weighted by Gasteiger charge is -2.35. The number of rotatable bonds is 3. The highest BCUT2D eigenvalue weighted by Gasteiger charge is 2.26. The lowest BCUT2D eigenvalue weighted by molar-refractivity contribution is 0.0236. The van der Waals surface area contributed by atoms with Crippen LogP contribution in [0.25, 0.3) is 10.8 Å². The molecule has 1 aliphatic heterocycles. The van der Waals surface area contributed by atoms with Gasteiger partial charge in [-0.1, -0.05) is 54.6 Å². The van der Waals surface area contributed by atoms with Crippen LogP contribution in [0.3, 0.4) is 0 Å². The molecule has 1 saturated heterocycles. The van der Waals surface area contributed by atoms with Crippen molar-refractivity contribution in [3.05, 3.63) is 77.9 Å². The van der Waals surface area contributed by atoms with E-state index in [-0.39, 0.29) is 6.04 Å². The zero-order valence-corrected chi connectivity index (χ0v) is 13.6. The average molecular weight is 319 g/mol. The Labute approximate surface area is 142 Å². The van der Waals surface area contributed by atoms with Gasteiger partial charge in [-0.3, -0.25) is 4.90 Å². The number of aromatic hydroxyl groups is 1. The fraction of sp³-hybridized carbons (Fsp3) is 0.238. The molecular formula is C21H21NO2. The molecule has 0 bridgehead atoms. The third kappa shape index (κ3) is 2.88. The molecule has 24 heavy (non-hydrogen) atoms. The van der Waals surface area contributed by atoms with Gasteiger partial charge in [-0.05, 0) is 28.5 Å². The fourth-order valence-electron chi connectivity index (χ4n) is 3.52. The average Bonchev–Trinajstić information content (AvgIpc) is 2.64. The number of phenols is 1. The summed E-state index contributed by atoms with van der Waals surface area (Å²) in [7, 11) is 0. The van der Waals surface area contributed by atoms with Gasteiger partial charge in [0.25, 0.3) is 0 Å². The first-order valence-electron chi connectivity index (χ1n) is 8.41. The van der Waals surface area contributed by atoms with Gasteiger partial charge < -0.3 is 9.84 Å². The van der Waals surface area contributed by atoms with Crippen LogP contribution >= 0.6 is 0 Å². The van der Waals surface area contributed by atoms with Crippen LogP contribution in [-0.2, 0) is 4.74 Å². The van der Waals surface area contributed by atoms with E-state index >= 15 is 0 Å². The van der Waals surface area contributed by atoms with E-state index in [0.29, 0.717) is 5.75 Å². The maximum Gasteiger partial charge on any atom is 0.120 e. The summed E-state index contributed by atoms with van der Waals surface area (Å²) in [5, 5.41) is 12.9. The number of morpholine rings is 1. The summed E-state index contributed by atoms with van der Waals surface area (Å²) in [6, 6.07) is 22.7. The monoisotopic (exact) mass is 319 g/mol. The molecule has 3 aromatic carbocycles. The van der Waals surface area contributed by atoms with Crippen LogP contribution in [0, 0.1) is 0 Å². The summed E-state index contributed by atoms with van der Waals surface area (Å²) < 4.78 is 5.52. The van der Waals surface area contributed by atoms with Crippen LogP contribution in [-0.4, -0.2) is 36.3 Å². The van der Waals surface area contributed by atoms with E-state index in [2.05, 4.69) is 47.4 Å². The van der Waals surface area contributed by atoms with E-state index < -0.39 is 0 Å². The molecule has 122 valence electrons. The van der Waals surface area contributed by atoms with Gasteiger partial charge >= 0.3 is 0 Å². The van der Waals surface area contributed by atoms with Crippen molar-refractivity contribution in [2.24, 2.45) is 0 Å². The number of para-hydroxylation sites is 1. The van der Waals surface area contributed by atoms with Crippen molar-refractivity contribution in [2.75, 3.05) is 26.3 Å². The lowest BCUT2D eigenvalue weighted by atomic mass is 9.94. The topological polar surface area (TPSA) is 32.7 Å². The number of hydrogen-bond acceptors (Lipinski definition) is 3. The Hall–Kier alpha value is -2.36. The zero-order valence-electron chi connectivity index (χ0n) is 13.6. The van der Waals surface area contributed by atoms with Gasteiger partial charge in [0.15, 0.2) is 0 Å². The summed E-state index contributed by atoms with van der Waals surface area (Å²) in [6.45, 7) is 3.20. The second-order valence-corrected chi connectivity index (χ2v) is 6.22. The molecule has 0 radical (unpaired) electrons. The molecule has 0 spiro atoms. The molecular weight excluding hydrogens is 298 g/mol. The van der Waals surface area contributed by atoms with Crippen molar-refractivity contribution >= 4 is 10.8 Å². The second kappa shape index (κ2) is 6.63. The van der Waals surface area contributed by atoms with E-state index in [9.17, 15) is 5.11 Å². The van der Waals surface area contributed by atoms with E-state index in [0.717, 1.165) is 31.9 Å². The predicted octanol–water partition coefficient (Wildman–Crippen LogP) is 3.97. The quantitative estimate of drug-likeness (QED) is 0.793. The molecule has 1 aliphatic rings. The predicted molar refractivity (Wildman–Crippen MR) is 96.3 cm³/mol. The smallest absolute Gasteiger partial charge is 0.120 e. The largest absolute Gasteiger partial charge is 0.508 e.